The first-order chi connectivity index (χ1) is 12.5. The van der Waals surface area contributed by atoms with Crippen molar-refractivity contribution in [1.29, 1.82) is 0 Å². The number of rotatable bonds is 6. The highest BCUT2D eigenvalue weighted by Gasteiger charge is 2.27. The molecule has 1 atom stereocenters. The number of aliphatic carboxylic acids is 1. The van der Waals surface area contributed by atoms with Gasteiger partial charge in [-0.05, 0) is 24.3 Å². The fourth-order valence-electron chi connectivity index (χ4n) is 2.18. The normalized spacial score (nSPS) is 11.7. The molecule has 6 nitrogen and oxygen atoms in total. The van der Waals surface area contributed by atoms with Gasteiger partial charge in [-0.1, -0.05) is 48.2 Å². The third kappa shape index (κ3) is 4.07. The monoisotopic (exact) mass is 370 g/mol. The SMILES string of the molecule is O=C(O)C(Oc1ccccc1)c1cc(O)c(Sc2ccccc2)c(=O)o1. The molecule has 1 unspecified atom stereocenters. The molecular formula is C19H14O6S. The van der Waals surface area contributed by atoms with Gasteiger partial charge in [0.1, 0.15) is 16.4 Å². The second-order valence-corrected chi connectivity index (χ2v) is 6.30. The number of aromatic hydroxyl groups is 1. The van der Waals surface area contributed by atoms with Crippen molar-refractivity contribution in [3.8, 4) is 11.5 Å². The third-order valence-corrected chi connectivity index (χ3v) is 4.44. The predicted molar refractivity (Wildman–Crippen MR) is 94.7 cm³/mol. The molecule has 2 aromatic carbocycles. The first-order valence-corrected chi connectivity index (χ1v) is 8.40. The maximum absolute atomic E-state index is 12.2. The van der Waals surface area contributed by atoms with Crippen LogP contribution in [0.1, 0.15) is 11.9 Å². The first kappa shape index (κ1) is 17.6. The quantitative estimate of drug-likeness (QED) is 0.683. The third-order valence-electron chi connectivity index (χ3n) is 3.35. The van der Waals surface area contributed by atoms with Crippen LogP contribution in [0.5, 0.6) is 11.5 Å². The molecule has 0 saturated heterocycles. The molecule has 0 aliphatic carbocycles. The van der Waals surface area contributed by atoms with Crippen LogP contribution in [0.2, 0.25) is 0 Å². The van der Waals surface area contributed by atoms with Crippen LogP contribution < -0.4 is 10.4 Å². The summed E-state index contributed by atoms with van der Waals surface area (Å²) in [6.07, 6.45) is -1.56. The molecule has 0 amide bonds. The molecule has 0 saturated carbocycles. The zero-order valence-electron chi connectivity index (χ0n) is 13.4. The highest BCUT2D eigenvalue weighted by molar-refractivity contribution is 7.99. The van der Waals surface area contributed by atoms with Crippen LogP contribution in [0.15, 0.2) is 85.7 Å². The molecule has 0 aliphatic heterocycles. The highest BCUT2D eigenvalue weighted by Crippen LogP contribution is 2.33. The molecule has 1 aromatic heterocycles. The summed E-state index contributed by atoms with van der Waals surface area (Å²) < 4.78 is 10.5. The number of para-hydroxylation sites is 1. The molecule has 7 heteroatoms. The maximum Gasteiger partial charge on any atom is 0.354 e. The Morgan fingerprint density at radius 2 is 1.65 bits per heavy atom. The van der Waals surface area contributed by atoms with E-state index >= 15 is 0 Å². The number of hydrogen-bond donors (Lipinski definition) is 2. The lowest BCUT2D eigenvalue weighted by molar-refractivity contribution is -0.146. The van der Waals surface area contributed by atoms with E-state index in [1.165, 1.54) is 0 Å². The van der Waals surface area contributed by atoms with Crippen molar-refractivity contribution in [3.05, 3.63) is 82.9 Å². The molecule has 0 spiro atoms. The Labute approximate surface area is 152 Å². The summed E-state index contributed by atoms with van der Waals surface area (Å²) in [5, 5.41) is 19.6. The van der Waals surface area contributed by atoms with E-state index in [4.69, 9.17) is 9.15 Å². The van der Waals surface area contributed by atoms with Crippen molar-refractivity contribution in [2.75, 3.05) is 0 Å². The Balaban J connectivity index is 1.92. The number of carboxylic acids is 1. The van der Waals surface area contributed by atoms with Crippen molar-refractivity contribution in [1.82, 2.24) is 0 Å². The predicted octanol–water partition coefficient (Wildman–Crippen LogP) is 3.70. The number of ether oxygens (including phenoxy) is 1. The molecule has 26 heavy (non-hydrogen) atoms. The largest absolute Gasteiger partial charge is 0.506 e. The van der Waals surface area contributed by atoms with Crippen LogP contribution in [-0.2, 0) is 4.79 Å². The van der Waals surface area contributed by atoms with Crippen LogP contribution in [0.3, 0.4) is 0 Å². The van der Waals surface area contributed by atoms with Gasteiger partial charge in [0.2, 0.25) is 0 Å². The Hall–Kier alpha value is -3.19. The Morgan fingerprint density at radius 1 is 1.04 bits per heavy atom. The second-order valence-electron chi connectivity index (χ2n) is 5.21. The number of carbonyl (C=O) groups is 1. The summed E-state index contributed by atoms with van der Waals surface area (Å²) in [6, 6.07) is 18.3. The van der Waals surface area contributed by atoms with E-state index in [2.05, 4.69) is 0 Å². The van der Waals surface area contributed by atoms with E-state index < -0.39 is 17.7 Å². The van der Waals surface area contributed by atoms with Gasteiger partial charge in [-0.15, -0.1) is 0 Å². The molecule has 0 bridgehead atoms. The van der Waals surface area contributed by atoms with Crippen molar-refractivity contribution in [3.63, 3.8) is 0 Å². The fraction of sp³-hybridized carbons (Fsp3) is 0.0526. The smallest absolute Gasteiger partial charge is 0.354 e. The summed E-state index contributed by atoms with van der Waals surface area (Å²) in [7, 11) is 0. The van der Waals surface area contributed by atoms with Crippen LogP contribution >= 0.6 is 11.8 Å². The average molecular weight is 370 g/mol. The van der Waals surface area contributed by atoms with Gasteiger partial charge in [0.25, 0.3) is 6.10 Å². The fourth-order valence-corrected chi connectivity index (χ4v) is 3.00. The van der Waals surface area contributed by atoms with Gasteiger partial charge in [0.05, 0.1) is 0 Å². The summed E-state index contributed by atoms with van der Waals surface area (Å²) >= 11 is 1.03. The highest BCUT2D eigenvalue weighted by atomic mass is 32.2. The van der Waals surface area contributed by atoms with E-state index in [1.807, 2.05) is 6.07 Å². The molecule has 2 N–H and O–H groups in total. The number of carboxylic acid groups (broad SMARTS) is 1. The summed E-state index contributed by atoms with van der Waals surface area (Å²) in [5.74, 6) is -1.71. The molecule has 0 aliphatic rings. The topological polar surface area (TPSA) is 97.0 Å². The van der Waals surface area contributed by atoms with Gasteiger partial charge < -0.3 is 19.4 Å². The second kappa shape index (κ2) is 7.79. The van der Waals surface area contributed by atoms with Crippen LogP contribution in [0, 0.1) is 0 Å². The molecule has 3 rings (SSSR count). The van der Waals surface area contributed by atoms with Crippen molar-refractivity contribution in [2.24, 2.45) is 0 Å². The molecule has 3 aromatic rings. The van der Waals surface area contributed by atoms with Gasteiger partial charge >= 0.3 is 11.6 Å². The molecule has 0 radical (unpaired) electrons. The Morgan fingerprint density at radius 3 is 2.23 bits per heavy atom. The van der Waals surface area contributed by atoms with Gasteiger partial charge in [-0.2, -0.15) is 0 Å². The minimum atomic E-state index is -1.56. The zero-order chi connectivity index (χ0) is 18.5. The summed E-state index contributed by atoms with van der Waals surface area (Å²) in [4.78, 5) is 24.5. The zero-order valence-corrected chi connectivity index (χ0v) is 14.2. The standard InChI is InChI=1S/C19H14O6S/c20-14-11-15(16(18(21)22)24-12-7-3-1-4-8-12)25-19(23)17(14)26-13-9-5-2-6-10-13/h1-11,16,20H,(H,21,22). The minimum Gasteiger partial charge on any atom is -0.506 e. The van der Waals surface area contributed by atoms with Gasteiger partial charge in [0, 0.05) is 11.0 Å². The van der Waals surface area contributed by atoms with Crippen molar-refractivity contribution in [2.45, 2.75) is 15.9 Å². The van der Waals surface area contributed by atoms with Crippen LogP contribution in [0.25, 0.3) is 0 Å². The van der Waals surface area contributed by atoms with Crippen molar-refractivity contribution < 1.29 is 24.2 Å². The molecule has 132 valence electrons. The van der Waals surface area contributed by atoms with E-state index in [0.29, 0.717) is 5.75 Å². The average Bonchev–Trinajstić information content (AvgIpc) is 2.64. The first-order valence-electron chi connectivity index (χ1n) is 7.59. The summed E-state index contributed by atoms with van der Waals surface area (Å²) in [5.41, 5.74) is -0.836. The number of hydrogen-bond acceptors (Lipinski definition) is 6. The molecular weight excluding hydrogens is 356 g/mol. The molecule has 1 heterocycles. The van der Waals surface area contributed by atoms with E-state index in [0.717, 1.165) is 22.7 Å². The number of benzene rings is 2. The van der Waals surface area contributed by atoms with E-state index in [1.54, 1.807) is 54.6 Å². The lowest BCUT2D eigenvalue weighted by Gasteiger charge is -2.14. The van der Waals surface area contributed by atoms with E-state index in [9.17, 15) is 19.8 Å². The van der Waals surface area contributed by atoms with Gasteiger partial charge in [0.15, 0.2) is 5.76 Å². The van der Waals surface area contributed by atoms with Crippen molar-refractivity contribution >= 4 is 17.7 Å². The Bertz CT molecular complexity index is 953. The lowest BCUT2D eigenvalue weighted by Crippen LogP contribution is -2.20. The lowest BCUT2D eigenvalue weighted by atomic mass is 10.2. The van der Waals surface area contributed by atoms with Crippen LogP contribution in [-0.4, -0.2) is 16.2 Å². The Kier molecular flexibility index (Phi) is 5.28. The van der Waals surface area contributed by atoms with E-state index in [-0.39, 0.29) is 16.4 Å². The minimum absolute atomic E-state index is 0.0243. The maximum atomic E-state index is 12.2. The van der Waals surface area contributed by atoms with Gasteiger partial charge in [-0.3, -0.25) is 0 Å². The van der Waals surface area contributed by atoms with Gasteiger partial charge in [-0.25, -0.2) is 9.59 Å². The van der Waals surface area contributed by atoms with Crippen LogP contribution in [0.4, 0.5) is 0 Å². The molecule has 0 fully saturated rings. The summed E-state index contributed by atoms with van der Waals surface area (Å²) in [6.45, 7) is 0.